The molecular formula is C34H35N3O2. The van der Waals surface area contributed by atoms with Gasteiger partial charge in [0.2, 0.25) is 5.91 Å². The molecule has 2 atom stereocenters. The summed E-state index contributed by atoms with van der Waals surface area (Å²) in [5, 5.41) is 15.6. The van der Waals surface area contributed by atoms with Crippen molar-refractivity contribution < 1.29 is 9.90 Å². The second kappa shape index (κ2) is 11.0. The number of aryl methyl sites for hydroxylation is 1. The summed E-state index contributed by atoms with van der Waals surface area (Å²) in [7, 11) is 0. The highest BCUT2D eigenvalue weighted by atomic mass is 16.3. The molecule has 0 bridgehead atoms. The molecule has 0 radical (unpaired) electrons. The molecule has 0 spiro atoms. The number of benzene rings is 3. The standard InChI is InChI=1S/C34H35N3O2/c1-23-15-20-29-28-13-7-8-14-31(28)37(33(29)35-23)21-24-16-18-27(19-17-24)32(26-11-5-6-12-26)34(39)36-30(22-38)25-9-3-2-4-10-25/h2-4,7-10,13-20,26,30,32,38H,5-6,11-12,21-22H2,1H3,(H,36,39). The zero-order chi connectivity index (χ0) is 26.8. The van der Waals surface area contributed by atoms with E-state index in [2.05, 4.69) is 70.5 Å². The second-order valence-electron chi connectivity index (χ2n) is 10.8. The molecule has 0 saturated heterocycles. The van der Waals surface area contributed by atoms with Crippen LogP contribution < -0.4 is 5.32 Å². The highest BCUT2D eigenvalue weighted by Crippen LogP contribution is 2.38. The number of hydrogen-bond acceptors (Lipinski definition) is 3. The van der Waals surface area contributed by atoms with E-state index in [0.717, 1.165) is 48.2 Å². The van der Waals surface area contributed by atoms with Gasteiger partial charge in [-0.3, -0.25) is 4.79 Å². The first-order chi connectivity index (χ1) is 19.1. The van der Waals surface area contributed by atoms with Gasteiger partial charge in [0.05, 0.1) is 24.1 Å². The first kappa shape index (κ1) is 25.3. The molecule has 0 aliphatic heterocycles. The lowest BCUT2D eigenvalue weighted by molar-refractivity contribution is -0.124. The minimum absolute atomic E-state index is 0.000346. The molecule has 39 heavy (non-hydrogen) atoms. The van der Waals surface area contributed by atoms with Crippen molar-refractivity contribution in [2.75, 3.05) is 6.61 Å². The lowest BCUT2D eigenvalue weighted by Gasteiger charge is -2.26. The third kappa shape index (κ3) is 5.07. The number of carbonyl (C=O) groups excluding carboxylic acids is 1. The van der Waals surface area contributed by atoms with Crippen LogP contribution in [0.5, 0.6) is 0 Å². The fraction of sp³-hybridized carbons (Fsp3) is 0.294. The molecule has 1 amide bonds. The topological polar surface area (TPSA) is 67.2 Å². The van der Waals surface area contributed by atoms with E-state index in [-0.39, 0.29) is 18.4 Å². The monoisotopic (exact) mass is 517 g/mol. The van der Waals surface area contributed by atoms with Crippen LogP contribution in [0, 0.1) is 12.8 Å². The SMILES string of the molecule is Cc1ccc2c3ccccc3n(Cc3ccc(C(C(=O)NC(CO)c4ccccc4)C4CCCC4)cc3)c2n1. The van der Waals surface area contributed by atoms with Gasteiger partial charge < -0.3 is 15.0 Å². The fourth-order valence-electron chi connectivity index (χ4n) is 6.29. The van der Waals surface area contributed by atoms with Crippen LogP contribution in [0.2, 0.25) is 0 Å². The smallest absolute Gasteiger partial charge is 0.228 e. The summed E-state index contributed by atoms with van der Waals surface area (Å²) in [4.78, 5) is 18.6. The maximum absolute atomic E-state index is 13.7. The number of pyridine rings is 1. The van der Waals surface area contributed by atoms with Gasteiger partial charge in [-0.15, -0.1) is 0 Å². The van der Waals surface area contributed by atoms with E-state index in [4.69, 9.17) is 4.98 Å². The summed E-state index contributed by atoms with van der Waals surface area (Å²) in [6.45, 7) is 2.61. The third-order valence-electron chi connectivity index (χ3n) is 8.29. The highest BCUT2D eigenvalue weighted by Gasteiger charge is 2.33. The zero-order valence-corrected chi connectivity index (χ0v) is 22.4. The summed E-state index contributed by atoms with van der Waals surface area (Å²) in [5.41, 5.74) is 6.32. The number of rotatable bonds is 8. The number of hydrogen-bond donors (Lipinski definition) is 2. The third-order valence-corrected chi connectivity index (χ3v) is 8.29. The summed E-state index contributed by atoms with van der Waals surface area (Å²) in [6, 6.07) is 30.6. The summed E-state index contributed by atoms with van der Waals surface area (Å²) >= 11 is 0. The van der Waals surface area contributed by atoms with Gasteiger partial charge in [0.1, 0.15) is 5.65 Å². The molecule has 3 aromatic carbocycles. The van der Waals surface area contributed by atoms with Crippen molar-refractivity contribution >= 4 is 27.8 Å². The predicted molar refractivity (Wildman–Crippen MR) is 157 cm³/mol. The minimum Gasteiger partial charge on any atom is -0.394 e. The van der Waals surface area contributed by atoms with Gasteiger partial charge in [0, 0.05) is 23.0 Å². The van der Waals surface area contributed by atoms with Crippen LogP contribution in [0.25, 0.3) is 21.9 Å². The van der Waals surface area contributed by atoms with Gasteiger partial charge in [0.25, 0.3) is 0 Å². The molecule has 5 heteroatoms. The van der Waals surface area contributed by atoms with Gasteiger partial charge >= 0.3 is 0 Å². The number of fused-ring (bicyclic) bond motifs is 3. The van der Waals surface area contributed by atoms with Crippen molar-refractivity contribution in [2.45, 2.75) is 51.1 Å². The molecule has 5 nitrogen and oxygen atoms in total. The van der Waals surface area contributed by atoms with E-state index in [1.165, 1.54) is 21.9 Å². The lowest BCUT2D eigenvalue weighted by atomic mass is 9.83. The van der Waals surface area contributed by atoms with Crippen LogP contribution in [0.1, 0.15) is 60.0 Å². The highest BCUT2D eigenvalue weighted by molar-refractivity contribution is 6.06. The number of para-hydroxylation sites is 1. The number of nitrogens with zero attached hydrogens (tertiary/aromatic N) is 2. The van der Waals surface area contributed by atoms with Crippen molar-refractivity contribution in [3.8, 4) is 0 Å². The van der Waals surface area contributed by atoms with Crippen molar-refractivity contribution in [1.29, 1.82) is 0 Å². The number of carbonyl (C=O) groups is 1. The first-order valence-corrected chi connectivity index (χ1v) is 14.0. The molecule has 198 valence electrons. The molecule has 1 aliphatic rings. The van der Waals surface area contributed by atoms with E-state index in [0.29, 0.717) is 12.5 Å². The molecule has 5 aromatic rings. The number of aliphatic hydroxyl groups is 1. The zero-order valence-electron chi connectivity index (χ0n) is 22.4. The van der Waals surface area contributed by atoms with Gasteiger partial charge in [-0.05, 0) is 60.6 Å². The van der Waals surface area contributed by atoms with Crippen molar-refractivity contribution in [3.05, 3.63) is 113 Å². The Morgan fingerprint density at radius 2 is 1.62 bits per heavy atom. The average Bonchev–Trinajstić information content (AvgIpc) is 3.60. The first-order valence-electron chi connectivity index (χ1n) is 14.0. The molecule has 2 N–H and O–H groups in total. The van der Waals surface area contributed by atoms with Crippen LogP contribution in [-0.4, -0.2) is 27.2 Å². The molecule has 1 fully saturated rings. The van der Waals surface area contributed by atoms with Gasteiger partial charge in [-0.1, -0.05) is 85.6 Å². The molecule has 1 saturated carbocycles. The Bertz CT molecular complexity index is 1580. The number of amides is 1. The van der Waals surface area contributed by atoms with Gasteiger partial charge in [-0.2, -0.15) is 0 Å². The normalized spacial score (nSPS) is 15.5. The summed E-state index contributed by atoms with van der Waals surface area (Å²) in [5.74, 6) is 0.0898. The van der Waals surface area contributed by atoms with Crippen LogP contribution in [0.15, 0.2) is 91.0 Å². The molecule has 2 aromatic heterocycles. The molecular weight excluding hydrogens is 482 g/mol. The van der Waals surface area contributed by atoms with Crippen LogP contribution in [-0.2, 0) is 11.3 Å². The van der Waals surface area contributed by atoms with Crippen LogP contribution in [0.4, 0.5) is 0 Å². The van der Waals surface area contributed by atoms with Gasteiger partial charge in [0.15, 0.2) is 0 Å². The molecule has 2 unspecified atom stereocenters. The van der Waals surface area contributed by atoms with Crippen LogP contribution >= 0.6 is 0 Å². The fourth-order valence-corrected chi connectivity index (χ4v) is 6.29. The van der Waals surface area contributed by atoms with E-state index in [9.17, 15) is 9.90 Å². The Hall–Kier alpha value is -3.96. The molecule has 6 rings (SSSR count). The molecule has 1 aliphatic carbocycles. The van der Waals surface area contributed by atoms with E-state index >= 15 is 0 Å². The quantitative estimate of drug-likeness (QED) is 0.242. The number of aliphatic hydroxyl groups excluding tert-OH is 1. The Morgan fingerprint density at radius 1 is 0.897 bits per heavy atom. The lowest BCUT2D eigenvalue weighted by Crippen LogP contribution is -2.37. The van der Waals surface area contributed by atoms with E-state index < -0.39 is 6.04 Å². The van der Waals surface area contributed by atoms with Crippen molar-refractivity contribution in [2.24, 2.45) is 5.92 Å². The Labute approximate surface area is 229 Å². The number of aromatic nitrogens is 2. The second-order valence-corrected chi connectivity index (χ2v) is 10.8. The van der Waals surface area contributed by atoms with Crippen molar-refractivity contribution in [1.82, 2.24) is 14.9 Å². The number of nitrogens with one attached hydrogen (secondary N) is 1. The minimum atomic E-state index is -0.409. The maximum Gasteiger partial charge on any atom is 0.228 e. The molecule has 2 heterocycles. The van der Waals surface area contributed by atoms with Crippen LogP contribution in [0.3, 0.4) is 0 Å². The summed E-state index contributed by atoms with van der Waals surface area (Å²) < 4.78 is 2.29. The summed E-state index contributed by atoms with van der Waals surface area (Å²) in [6.07, 6.45) is 4.44. The van der Waals surface area contributed by atoms with E-state index in [1.54, 1.807) is 0 Å². The largest absolute Gasteiger partial charge is 0.394 e. The van der Waals surface area contributed by atoms with Crippen molar-refractivity contribution in [3.63, 3.8) is 0 Å². The Morgan fingerprint density at radius 3 is 2.36 bits per heavy atom. The Kier molecular flexibility index (Phi) is 7.16. The maximum atomic E-state index is 13.7. The van der Waals surface area contributed by atoms with Gasteiger partial charge in [-0.25, -0.2) is 4.98 Å². The Balaban J connectivity index is 1.29. The predicted octanol–water partition coefficient (Wildman–Crippen LogP) is 6.67. The average molecular weight is 518 g/mol. The van der Waals surface area contributed by atoms with E-state index in [1.807, 2.05) is 37.3 Å².